The first-order valence-corrected chi connectivity index (χ1v) is 6.60. The smallest absolute Gasteiger partial charge is 0.128 e. The van der Waals surface area contributed by atoms with Gasteiger partial charge in [-0.1, -0.05) is 6.07 Å². The standard InChI is InChI=1S/C16H20N2O2/c1-13-5-4-6-16(17-13)18(2)11-12-20-15-9-7-14(19-3)8-10-15/h4-10H,11-12H2,1-3H3. The Morgan fingerprint density at radius 1 is 1.05 bits per heavy atom. The Kier molecular flexibility index (Phi) is 4.82. The molecule has 0 N–H and O–H groups in total. The van der Waals surface area contributed by atoms with Gasteiger partial charge in [-0.05, 0) is 43.3 Å². The minimum absolute atomic E-state index is 0.610. The van der Waals surface area contributed by atoms with Gasteiger partial charge in [-0.3, -0.25) is 0 Å². The number of nitrogens with zero attached hydrogens (tertiary/aromatic N) is 2. The van der Waals surface area contributed by atoms with Gasteiger partial charge in [0.05, 0.1) is 13.7 Å². The van der Waals surface area contributed by atoms with Crippen molar-refractivity contribution in [3.63, 3.8) is 0 Å². The lowest BCUT2D eigenvalue weighted by Gasteiger charge is -2.18. The van der Waals surface area contributed by atoms with Crippen molar-refractivity contribution in [1.82, 2.24) is 4.98 Å². The number of rotatable bonds is 6. The number of aromatic nitrogens is 1. The zero-order chi connectivity index (χ0) is 14.4. The lowest BCUT2D eigenvalue weighted by atomic mass is 10.3. The number of ether oxygens (including phenoxy) is 2. The van der Waals surface area contributed by atoms with Gasteiger partial charge in [0.25, 0.3) is 0 Å². The van der Waals surface area contributed by atoms with E-state index in [4.69, 9.17) is 9.47 Å². The van der Waals surface area contributed by atoms with Crippen molar-refractivity contribution in [1.29, 1.82) is 0 Å². The van der Waals surface area contributed by atoms with Crippen LogP contribution < -0.4 is 14.4 Å². The Hall–Kier alpha value is -2.23. The van der Waals surface area contributed by atoms with Gasteiger partial charge >= 0.3 is 0 Å². The lowest BCUT2D eigenvalue weighted by molar-refractivity contribution is 0.324. The molecule has 0 atom stereocenters. The molecular formula is C16H20N2O2. The van der Waals surface area contributed by atoms with Gasteiger partial charge in [-0.25, -0.2) is 4.98 Å². The summed E-state index contributed by atoms with van der Waals surface area (Å²) in [7, 11) is 3.67. The molecule has 0 amide bonds. The van der Waals surface area contributed by atoms with E-state index in [0.717, 1.165) is 29.6 Å². The second-order valence-electron chi connectivity index (χ2n) is 4.58. The predicted octanol–water partition coefficient (Wildman–Crippen LogP) is 2.91. The minimum atomic E-state index is 0.610. The molecule has 2 rings (SSSR count). The van der Waals surface area contributed by atoms with Gasteiger partial charge in [0, 0.05) is 12.7 Å². The summed E-state index contributed by atoms with van der Waals surface area (Å²) in [5.41, 5.74) is 1.02. The summed E-state index contributed by atoms with van der Waals surface area (Å²) >= 11 is 0. The van der Waals surface area contributed by atoms with E-state index in [1.807, 2.05) is 56.4 Å². The molecular weight excluding hydrogens is 252 g/mol. The zero-order valence-electron chi connectivity index (χ0n) is 12.2. The van der Waals surface area contributed by atoms with Crippen molar-refractivity contribution >= 4 is 5.82 Å². The molecule has 4 nitrogen and oxygen atoms in total. The highest BCUT2D eigenvalue weighted by atomic mass is 16.5. The monoisotopic (exact) mass is 272 g/mol. The van der Waals surface area contributed by atoms with Gasteiger partial charge in [-0.15, -0.1) is 0 Å². The van der Waals surface area contributed by atoms with Gasteiger partial charge in [0.1, 0.15) is 23.9 Å². The molecule has 1 heterocycles. The van der Waals surface area contributed by atoms with Crippen LogP contribution in [0.15, 0.2) is 42.5 Å². The van der Waals surface area contributed by atoms with Crippen LogP contribution in [0, 0.1) is 6.92 Å². The highest BCUT2D eigenvalue weighted by molar-refractivity contribution is 5.38. The van der Waals surface area contributed by atoms with E-state index in [1.54, 1.807) is 7.11 Å². The summed E-state index contributed by atoms with van der Waals surface area (Å²) in [6.07, 6.45) is 0. The van der Waals surface area contributed by atoms with Crippen LogP contribution in [0.3, 0.4) is 0 Å². The minimum Gasteiger partial charge on any atom is -0.497 e. The molecule has 0 unspecified atom stereocenters. The van der Waals surface area contributed by atoms with Crippen LogP contribution >= 0.6 is 0 Å². The van der Waals surface area contributed by atoms with Gasteiger partial charge in [-0.2, -0.15) is 0 Å². The van der Waals surface area contributed by atoms with Crippen LogP contribution in [0.5, 0.6) is 11.5 Å². The highest BCUT2D eigenvalue weighted by Gasteiger charge is 2.02. The number of hydrogen-bond acceptors (Lipinski definition) is 4. The van der Waals surface area contributed by atoms with E-state index in [2.05, 4.69) is 9.88 Å². The molecule has 0 spiro atoms. The topological polar surface area (TPSA) is 34.6 Å². The fraction of sp³-hybridized carbons (Fsp3) is 0.312. The third-order valence-electron chi connectivity index (χ3n) is 3.02. The van der Waals surface area contributed by atoms with E-state index < -0.39 is 0 Å². The molecule has 0 saturated carbocycles. The van der Waals surface area contributed by atoms with Crippen molar-refractivity contribution in [2.45, 2.75) is 6.92 Å². The number of benzene rings is 1. The quantitative estimate of drug-likeness (QED) is 0.810. The summed E-state index contributed by atoms with van der Waals surface area (Å²) in [6.45, 7) is 3.38. The average molecular weight is 272 g/mol. The maximum Gasteiger partial charge on any atom is 0.128 e. The highest BCUT2D eigenvalue weighted by Crippen LogP contribution is 2.17. The Morgan fingerprint density at radius 3 is 2.40 bits per heavy atom. The number of pyridine rings is 1. The summed E-state index contributed by atoms with van der Waals surface area (Å²) in [6, 6.07) is 13.6. The number of likely N-dealkylation sites (N-methyl/N-ethyl adjacent to an activating group) is 1. The molecule has 0 aliphatic carbocycles. The molecule has 0 saturated heterocycles. The largest absolute Gasteiger partial charge is 0.497 e. The fourth-order valence-electron chi connectivity index (χ4n) is 1.83. The first-order chi connectivity index (χ1) is 9.69. The van der Waals surface area contributed by atoms with E-state index in [-0.39, 0.29) is 0 Å². The van der Waals surface area contributed by atoms with Crippen LogP contribution in [-0.4, -0.2) is 32.3 Å². The Balaban J connectivity index is 1.82. The Morgan fingerprint density at radius 2 is 1.75 bits per heavy atom. The molecule has 106 valence electrons. The number of methoxy groups -OCH3 is 1. The summed E-state index contributed by atoms with van der Waals surface area (Å²) < 4.78 is 10.8. The maximum atomic E-state index is 5.70. The van der Waals surface area contributed by atoms with E-state index >= 15 is 0 Å². The van der Waals surface area contributed by atoms with Crippen molar-refractivity contribution in [3.05, 3.63) is 48.2 Å². The van der Waals surface area contributed by atoms with Crippen molar-refractivity contribution < 1.29 is 9.47 Å². The van der Waals surface area contributed by atoms with Gasteiger partial charge in [0.2, 0.25) is 0 Å². The zero-order valence-corrected chi connectivity index (χ0v) is 12.2. The van der Waals surface area contributed by atoms with E-state index in [1.165, 1.54) is 0 Å². The molecule has 0 fully saturated rings. The third kappa shape index (κ3) is 3.88. The normalized spacial score (nSPS) is 10.2. The van der Waals surface area contributed by atoms with Crippen molar-refractivity contribution in [2.24, 2.45) is 0 Å². The van der Waals surface area contributed by atoms with Crippen molar-refractivity contribution in [3.8, 4) is 11.5 Å². The van der Waals surface area contributed by atoms with Crippen LogP contribution in [-0.2, 0) is 0 Å². The van der Waals surface area contributed by atoms with E-state index in [9.17, 15) is 0 Å². The summed E-state index contributed by atoms with van der Waals surface area (Å²) in [4.78, 5) is 6.56. The van der Waals surface area contributed by atoms with Crippen LogP contribution in [0.25, 0.3) is 0 Å². The number of aryl methyl sites for hydroxylation is 1. The van der Waals surface area contributed by atoms with E-state index in [0.29, 0.717) is 6.61 Å². The molecule has 0 radical (unpaired) electrons. The second kappa shape index (κ2) is 6.80. The number of anilines is 1. The molecule has 4 heteroatoms. The lowest BCUT2D eigenvalue weighted by Crippen LogP contribution is -2.24. The first-order valence-electron chi connectivity index (χ1n) is 6.60. The van der Waals surface area contributed by atoms with Crippen LogP contribution in [0.4, 0.5) is 5.82 Å². The second-order valence-corrected chi connectivity index (χ2v) is 4.58. The van der Waals surface area contributed by atoms with Gasteiger partial charge in [0.15, 0.2) is 0 Å². The molecule has 0 bridgehead atoms. The predicted molar refractivity (Wildman–Crippen MR) is 80.7 cm³/mol. The summed E-state index contributed by atoms with van der Waals surface area (Å²) in [5.74, 6) is 2.64. The van der Waals surface area contributed by atoms with Gasteiger partial charge < -0.3 is 14.4 Å². The Bertz CT molecular complexity index is 540. The Labute approximate surface area is 120 Å². The maximum absolute atomic E-state index is 5.70. The molecule has 20 heavy (non-hydrogen) atoms. The first kappa shape index (κ1) is 14.2. The van der Waals surface area contributed by atoms with Crippen LogP contribution in [0.1, 0.15) is 5.69 Å². The molecule has 1 aromatic heterocycles. The SMILES string of the molecule is COc1ccc(OCCN(C)c2cccc(C)n2)cc1. The molecule has 0 aliphatic heterocycles. The fourth-order valence-corrected chi connectivity index (χ4v) is 1.83. The van der Waals surface area contributed by atoms with Crippen LogP contribution in [0.2, 0.25) is 0 Å². The molecule has 1 aromatic carbocycles. The third-order valence-corrected chi connectivity index (χ3v) is 3.02. The molecule has 2 aromatic rings. The number of hydrogen-bond donors (Lipinski definition) is 0. The summed E-state index contributed by atoms with van der Waals surface area (Å²) in [5, 5.41) is 0. The molecule has 0 aliphatic rings. The van der Waals surface area contributed by atoms with Crippen molar-refractivity contribution in [2.75, 3.05) is 32.2 Å². The average Bonchev–Trinajstić information content (AvgIpc) is 2.48.